The quantitative estimate of drug-likeness (QED) is 0.856. The van der Waals surface area contributed by atoms with Gasteiger partial charge in [-0.05, 0) is 55.2 Å². The van der Waals surface area contributed by atoms with Gasteiger partial charge in [-0.2, -0.15) is 0 Å². The molecule has 2 nitrogen and oxygen atoms in total. The van der Waals surface area contributed by atoms with Crippen molar-refractivity contribution in [3.8, 4) is 0 Å². The number of nitrogens with one attached hydrogen (secondary N) is 2. The third-order valence-electron chi connectivity index (χ3n) is 7.26. The Morgan fingerprint density at radius 2 is 2.04 bits per heavy atom. The molecule has 25 heavy (non-hydrogen) atoms. The van der Waals surface area contributed by atoms with Gasteiger partial charge in [-0.1, -0.05) is 55.0 Å². The Kier molecular flexibility index (Phi) is 3.46. The van der Waals surface area contributed by atoms with Crippen LogP contribution in [0.15, 0.2) is 65.4 Å². The predicted octanol–water partition coefficient (Wildman–Crippen LogP) is 3.98. The van der Waals surface area contributed by atoms with E-state index < -0.39 is 0 Å². The number of hydrogen-bond donors (Lipinski definition) is 2. The molecule has 4 bridgehead atoms. The molecule has 1 aromatic carbocycles. The number of benzene rings is 1. The smallest absolute Gasteiger partial charge is 0.0339 e. The van der Waals surface area contributed by atoms with E-state index in [-0.39, 0.29) is 5.54 Å². The molecule has 130 valence electrons. The minimum absolute atomic E-state index is 0.163. The topological polar surface area (TPSA) is 24.1 Å². The third kappa shape index (κ3) is 2.42. The van der Waals surface area contributed by atoms with E-state index in [1.165, 1.54) is 36.1 Å². The lowest BCUT2D eigenvalue weighted by Gasteiger charge is -2.45. The lowest BCUT2D eigenvalue weighted by molar-refractivity contribution is 0.156. The van der Waals surface area contributed by atoms with Crippen molar-refractivity contribution in [3.63, 3.8) is 0 Å². The fourth-order valence-corrected chi connectivity index (χ4v) is 5.64. The van der Waals surface area contributed by atoms with E-state index in [0.717, 1.165) is 6.54 Å². The highest BCUT2D eigenvalue weighted by molar-refractivity contribution is 5.46. The average Bonchev–Trinajstić information content (AvgIpc) is 2.96. The monoisotopic (exact) mass is 332 g/mol. The van der Waals surface area contributed by atoms with Gasteiger partial charge in [0.1, 0.15) is 0 Å². The molecule has 4 aliphatic rings. The maximum atomic E-state index is 3.98. The van der Waals surface area contributed by atoms with Crippen molar-refractivity contribution in [1.82, 2.24) is 10.6 Å². The van der Waals surface area contributed by atoms with Crippen LogP contribution in [-0.4, -0.2) is 18.1 Å². The number of fused-ring (bicyclic) bond motifs is 2. The Hall–Kier alpha value is -1.80. The molecule has 0 amide bonds. The largest absolute Gasteiger partial charge is 0.385 e. The van der Waals surface area contributed by atoms with E-state index in [2.05, 4.69) is 73.0 Å². The summed E-state index contributed by atoms with van der Waals surface area (Å²) in [7, 11) is 0. The second-order valence-electron chi connectivity index (χ2n) is 8.66. The summed E-state index contributed by atoms with van der Waals surface area (Å²) >= 11 is 0. The molecule has 1 saturated heterocycles. The lowest BCUT2D eigenvalue weighted by Crippen LogP contribution is -2.56. The van der Waals surface area contributed by atoms with Crippen LogP contribution in [-0.2, 0) is 6.42 Å². The van der Waals surface area contributed by atoms with Crippen LogP contribution in [0.2, 0.25) is 0 Å². The van der Waals surface area contributed by atoms with E-state index in [9.17, 15) is 0 Å². The van der Waals surface area contributed by atoms with Gasteiger partial charge in [0.15, 0.2) is 0 Å². The molecule has 2 heterocycles. The summed E-state index contributed by atoms with van der Waals surface area (Å²) in [6, 6.07) is 11.6. The fraction of sp³-hybridized carbons (Fsp3) is 0.478. The highest BCUT2D eigenvalue weighted by Crippen LogP contribution is 2.50. The van der Waals surface area contributed by atoms with Crippen molar-refractivity contribution in [2.75, 3.05) is 6.54 Å². The maximum Gasteiger partial charge on any atom is 0.0339 e. The molecule has 5 atom stereocenters. The molecule has 2 fully saturated rings. The van der Waals surface area contributed by atoms with Gasteiger partial charge in [-0.25, -0.2) is 0 Å². The van der Waals surface area contributed by atoms with Gasteiger partial charge in [-0.3, -0.25) is 0 Å². The Balaban J connectivity index is 1.59. The zero-order chi connectivity index (χ0) is 17.0. The summed E-state index contributed by atoms with van der Waals surface area (Å²) < 4.78 is 0. The molecule has 2 N–H and O–H groups in total. The Labute approximate surface area is 151 Å². The van der Waals surface area contributed by atoms with Gasteiger partial charge in [0, 0.05) is 29.7 Å². The first kappa shape index (κ1) is 15.5. The Morgan fingerprint density at radius 3 is 2.88 bits per heavy atom. The zero-order valence-corrected chi connectivity index (χ0v) is 15.3. The molecule has 2 aliphatic carbocycles. The Morgan fingerprint density at radius 1 is 1.20 bits per heavy atom. The van der Waals surface area contributed by atoms with Crippen LogP contribution in [0.1, 0.15) is 32.3 Å². The molecule has 1 aromatic rings. The van der Waals surface area contributed by atoms with Gasteiger partial charge < -0.3 is 10.6 Å². The summed E-state index contributed by atoms with van der Waals surface area (Å²) in [6.45, 7) is 5.88. The van der Waals surface area contributed by atoms with Gasteiger partial charge in [0.2, 0.25) is 0 Å². The minimum atomic E-state index is 0.163. The lowest BCUT2D eigenvalue weighted by atomic mass is 9.65. The van der Waals surface area contributed by atoms with Crippen molar-refractivity contribution in [3.05, 3.63) is 71.0 Å². The molecule has 0 spiro atoms. The van der Waals surface area contributed by atoms with Gasteiger partial charge in [0.25, 0.3) is 0 Å². The minimum Gasteiger partial charge on any atom is -0.385 e. The molecule has 2 heteroatoms. The van der Waals surface area contributed by atoms with Crippen molar-refractivity contribution in [2.24, 2.45) is 17.8 Å². The van der Waals surface area contributed by atoms with E-state index in [1.807, 2.05) is 0 Å². The maximum absolute atomic E-state index is 3.98. The standard InChI is InChI=1S/C23H28N2/c1-15-22-20(11-16-7-4-3-5-8-16)19-12-18-14-23(15,2)24-10-6-9-17(18)13-21(19)25-22/h3-9,13,15,19-20,22,24-25H,10-12,14H2,1-2H3. The average molecular weight is 332 g/mol. The first-order chi connectivity index (χ1) is 12.1. The van der Waals surface area contributed by atoms with Crippen LogP contribution < -0.4 is 10.6 Å². The predicted molar refractivity (Wildman–Crippen MR) is 103 cm³/mol. The molecule has 5 rings (SSSR count). The van der Waals surface area contributed by atoms with Crippen molar-refractivity contribution >= 4 is 0 Å². The van der Waals surface area contributed by atoms with Gasteiger partial charge >= 0.3 is 0 Å². The van der Waals surface area contributed by atoms with Crippen LogP contribution in [0.25, 0.3) is 0 Å². The first-order valence-electron chi connectivity index (χ1n) is 9.80. The molecular formula is C23H28N2. The van der Waals surface area contributed by atoms with Crippen LogP contribution in [0.4, 0.5) is 0 Å². The van der Waals surface area contributed by atoms with Crippen molar-refractivity contribution in [1.29, 1.82) is 0 Å². The SMILES string of the molecule is CC1C2NC3=CC4=C(CC3C2Cc2ccccc2)CC1(C)NCC=C4. The summed E-state index contributed by atoms with van der Waals surface area (Å²) in [5, 5.41) is 7.84. The van der Waals surface area contributed by atoms with Crippen LogP contribution in [0.3, 0.4) is 0 Å². The highest BCUT2D eigenvalue weighted by Gasteiger charge is 2.50. The van der Waals surface area contributed by atoms with Crippen LogP contribution >= 0.6 is 0 Å². The zero-order valence-electron chi connectivity index (χ0n) is 15.3. The third-order valence-corrected chi connectivity index (χ3v) is 7.26. The van der Waals surface area contributed by atoms with E-state index in [1.54, 1.807) is 5.57 Å². The summed E-state index contributed by atoms with van der Waals surface area (Å²) in [6.07, 6.45) is 10.7. The molecule has 0 radical (unpaired) electrons. The van der Waals surface area contributed by atoms with E-state index in [0.29, 0.717) is 23.8 Å². The van der Waals surface area contributed by atoms with E-state index >= 15 is 0 Å². The van der Waals surface area contributed by atoms with Gasteiger partial charge in [0.05, 0.1) is 0 Å². The van der Waals surface area contributed by atoms with Crippen molar-refractivity contribution in [2.45, 2.75) is 44.7 Å². The van der Waals surface area contributed by atoms with Crippen LogP contribution in [0.5, 0.6) is 0 Å². The summed E-state index contributed by atoms with van der Waals surface area (Å²) in [5.74, 6) is 1.95. The molecule has 0 aromatic heterocycles. The molecule has 2 aliphatic heterocycles. The molecule has 5 unspecified atom stereocenters. The fourth-order valence-electron chi connectivity index (χ4n) is 5.64. The first-order valence-corrected chi connectivity index (χ1v) is 9.80. The Bertz CT molecular complexity index is 773. The second kappa shape index (κ2) is 5.60. The summed E-state index contributed by atoms with van der Waals surface area (Å²) in [4.78, 5) is 0. The highest BCUT2D eigenvalue weighted by atomic mass is 15.1. The van der Waals surface area contributed by atoms with Crippen molar-refractivity contribution < 1.29 is 0 Å². The second-order valence-corrected chi connectivity index (χ2v) is 8.66. The number of rotatable bonds is 2. The summed E-state index contributed by atoms with van der Waals surface area (Å²) in [5.41, 5.74) is 6.27. The number of allylic oxidation sites excluding steroid dienone is 4. The molecule has 1 saturated carbocycles. The normalized spacial score (nSPS) is 38.7. The number of hydrogen-bond acceptors (Lipinski definition) is 2. The van der Waals surface area contributed by atoms with Gasteiger partial charge in [-0.15, -0.1) is 0 Å². The van der Waals surface area contributed by atoms with E-state index in [4.69, 9.17) is 0 Å². The van der Waals surface area contributed by atoms with Crippen LogP contribution in [0, 0.1) is 17.8 Å². The molecular weight excluding hydrogens is 304 g/mol.